The summed E-state index contributed by atoms with van der Waals surface area (Å²) in [6.45, 7) is 3.81. The third kappa shape index (κ3) is 1.97. The molecule has 3 rings (SSSR count). The van der Waals surface area contributed by atoms with Gasteiger partial charge in [-0.1, -0.05) is 49.1 Å². The molecule has 0 saturated carbocycles. The first-order valence-corrected chi connectivity index (χ1v) is 6.13. The fraction of sp³-hybridized carbons (Fsp3) is 0. The molecule has 92 valence electrons. The van der Waals surface area contributed by atoms with Crippen LogP contribution in [0.4, 0.5) is 0 Å². The van der Waals surface area contributed by atoms with Crippen molar-refractivity contribution in [2.45, 2.75) is 0 Å². The van der Waals surface area contributed by atoms with Gasteiger partial charge in [-0.25, -0.2) is 0 Å². The molecule has 0 aliphatic heterocycles. The molecule has 0 fully saturated rings. The van der Waals surface area contributed by atoms with Gasteiger partial charge in [-0.3, -0.25) is 4.79 Å². The Bertz CT molecular complexity index is 815. The van der Waals surface area contributed by atoms with Crippen molar-refractivity contribution in [2.24, 2.45) is 0 Å². The molecule has 0 radical (unpaired) electrons. The van der Waals surface area contributed by atoms with Gasteiger partial charge >= 0.3 is 0 Å². The van der Waals surface area contributed by atoms with Gasteiger partial charge in [0.2, 0.25) is 0 Å². The summed E-state index contributed by atoms with van der Waals surface area (Å²) in [5, 5.41) is 0.710. The maximum Gasteiger partial charge on any atom is 0.190 e. The molecular weight excluding hydrogens is 234 g/mol. The zero-order chi connectivity index (χ0) is 13.2. The molecule has 0 aliphatic carbocycles. The van der Waals surface area contributed by atoms with E-state index in [0.717, 1.165) is 22.3 Å². The van der Waals surface area contributed by atoms with Crippen molar-refractivity contribution in [2.75, 3.05) is 0 Å². The number of fused-ring (bicyclic) bond motifs is 1. The molecule has 0 spiro atoms. The second-order valence-corrected chi connectivity index (χ2v) is 4.38. The molecule has 2 nitrogen and oxygen atoms in total. The summed E-state index contributed by atoms with van der Waals surface area (Å²) in [6.07, 6.45) is 1.79. The molecule has 2 heteroatoms. The van der Waals surface area contributed by atoms with E-state index in [0.29, 0.717) is 5.39 Å². The molecule has 3 aromatic rings. The Kier molecular flexibility index (Phi) is 2.76. The molecule has 1 N–H and O–H groups in total. The van der Waals surface area contributed by atoms with Crippen LogP contribution in [-0.4, -0.2) is 4.98 Å². The number of nitrogens with one attached hydrogen (secondary N) is 1. The van der Waals surface area contributed by atoms with Crippen molar-refractivity contribution in [3.8, 4) is 11.3 Å². The maximum atomic E-state index is 12.1. The molecule has 0 bridgehead atoms. The number of hydrogen-bond acceptors (Lipinski definition) is 1. The Morgan fingerprint density at radius 2 is 1.74 bits per heavy atom. The molecule has 0 amide bonds. The van der Waals surface area contributed by atoms with Crippen molar-refractivity contribution in [3.05, 3.63) is 77.0 Å². The SMILES string of the molecule is C=Cc1ccccc1-c1cc(=O)c2ccccc2[nH]1. The van der Waals surface area contributed by atoms with Crippen LogP contribution in [0.3, 0.4) is 0 Å². The van der Waals surface area contributed by atoms with Gasteiger partial charge in [0.25, 0.3) is 0 Å². The summed E-state index contributed by atoms with van der Waals surface area (Å²) < 4.78 is 0. The van der Waals surface area contributed by atoms with Crippen LogP contribution in [0.5, 0.6) is 0 Å². The molecule has 0 atom stereocenters. The lowest BCUT2D eigenvalue weighted by Gasteiger charge is -2.07. The van der Waals surface area contributed by atoms with Gasteiger partial charge in [-0.05, 0) is 17.7 Å². The van der Waals surface area contributed by atoms with Crippen LogP contribution in [0, 0.1) is 0 Å². The number of aromatic amines is 1. The van der Waals surface area contributed by atoms with Crippen molar-refractivity contribution < 1.29 is 0 Å². The third-order valence-electron chi connectivity index (χ3n) is 3.21. The van der Waals surface area contributed by atoms with E-state index in [4.69, 9.17) is 0 Å². The van der Waals surface area contributed by atoms with Crippen molar-refractivity contribution >= 4 is 17.0 Å². The van der Waals surface area contributed by atoms with Crippen LogP contribution in [0.2, 0.25) is 0 Å². The largest absolute Gasteiger partial charge is 0.354 e. The van der Waals surface area contributed by atoms with Gasteiger partial charge in [0.15, 0.2) is 5.43 Å². The lowest BCUT2D eigenvalue weighted by atomic mass is 10.0. The van der Waals surface area contributed by atoms with E-state index in [1.165, 1.54) is 0 Å². The minimum Gasteiger partial charge on any atom is -0.354 e. The van der Waals surface area contributed by atoms with Crippen LogP contribution in [0.1, 0.15) is 5.56 Å². The Labute approximate surface area is 111 Å². The topological polar surface area (TPSA) is 32.9 Å². The van der Waals surface area contributed by atoms with E-state index >= 15 is 0 Å². The van der Waals surface area contributed by atoms with Crippen LogP contribution < -0.4 is 5.43 Å². The van der Waals surface area contributed by atoms with Crippen LogP contribution >= 0.6 is 0 Å². The van der Waals surface area contributed by atoms with Gasteiger partial charge in [-0.2, -0.15) is 0 Å². The molecular formula is C17H13NO. The fourth-order valence-corrected chi connectivity index (χ4v) is 2.26. The number of para-hydroxylation sites is 1. The molecule has 0 saturated heterocycles. The van der Waals surface area contributed by atoms with Gasteiger partial charge in [-0.15, -0.1) is 0 Å². The van der Waals surface area contributed by atoms with Crippen molar-refractivity contribution in [1.82, 2.24) is 4.98 Å². The normalized spacial score (nSPS) is 10.5. The van der Waals surface area contributed by atoms with E-state index in [-0.39, 0.29) is 5.43 Å². The minimum absolute atomic E-state index is 0.0308. The number of rotatable bonds is 2. The second-order valence-electron chi connectivity index (χ2n) is 4.38. The Balaban J connectivity index is 2.32. The molecule has 0 aliphatic rings. The average Bonchev–Trinajstić information content (AvgIpc) is 2.47. The highest BCUT2D eigenvalue weighted by molar-refractivity contribution is 5.83. The van der Waals surface area contributed by atoms with Crippen LogP contribution in [0.25, 0.3) is 28.2 Å². The summed E-state index contributed by atoms with van der Waals surface area (Å²) in [7, 11) is 0. The van der Waals surface area contributed by atoms with Crippen LogP contribution in [0.15, 0.2) is 66.0 Å². The van der Waals surface area contributed by atoms with E-state index in [2.05, 4.69) is 11.6 Å². The first-order chi connectivity index (χ1) is 9.29. The van der Waals surface area contributed by atoms with E-state index in [9.17, 15) is 4.79 Å². The smallest absolute Gasteiger partial charge is 0.190 e. The quantitative estimate of drug-likeness (QED) is 0.733. The third-order valence-corrected chi connectivity index (χ3v) is 3.21. The maximum absolute atomic E-state index is 12.1. The van der Waals surface area contributed by atoms with E-state index in [1.54, 1.807) is 12.1 Å². The predicted molar refractivity (Wildman–Crippen MR) is 80.1 cm³/mol. The Hall–Kier alpha value is -2.61. The Morgan fingerprint density at radius 3 is 2.58 bits per heavy atom. The summed E-state index contributed by atoms with van der Waals surface area (Å²) in [5.74, 6) is 0. The summed E-state index contributed by atoms with van der Waals surface area (Å²) in [4.78, 5) is 15.4. The van der Waals surface area contributed by atoms with Gasteiger partial charge in [0.05, 0.1) is 5.69 Å². The highest BCUT2D eigenvalue weighted by atomic mass is 16.1. The Morgan fingerprint density at radius 1 is 1.00 bits per heavy atom. The highest BCUT2D eigenvalue weighted by Gasteiger charge is 2.06. The summed E-state index contributed by atoms with van der Waals surface area (Å²) in [6, 6.07) is 17.1. The fourth-order valence-electron chi connectivity index (χ4n) is 2.26. The summed E-state index contributed by atoms with van der Waals surface area (Å²) >= 11 is 0. The molecule has 1 aromatic heterocycles. The minimum atomic E-state index is 0.0308. The van der Waals surface area contributed by atoms with Crippen molar-refractivity contribution in [3.63, 3.8) is 0 Å². The number of hydrogen-bond donors (Lipinski definition) is 1. The van der Waals surface area contributed by atoms with Crippen LogP contribution in [-0.2, 0) is 0 Å². The van der Waals surface area contributed by atoms with Gasteiger partial charge in [0, 0.05) is 22.5 Å². The molecule has 1 heterocycles. The van der Waals surface area contributed by atoms with E-state index in [1.807, 2.05) is 48.5 Å². The zero-order valence-corrected chi connectivity index (χ0v) is 10.4. The molecule has 19 heavy (non-hydrogen) atoms. The summed E-state index contributed by atoms with van der Waals surface area (Å²) in [5.41, 5.74) is 3.69. The predicted octanol–water partition coefficient (Wildman–Crippen LogP) is 3.84. The number of pyridine rings is 1. The van der Waals surface area contributed by atoms with Gasteiger partial charge < -0.3 is 4.98 Å². The van der Waals surface area contributed by atoms with E-state index < -0.39 is 0 Å². The monoisotopic (exact) mass is 247 g/mol. The van der Waals surface area contributed by atoms with Crippen molar-refractivity contribution in [1.29, 1.82) is 0 Å². The standard InChI is InChI=1S/C17H13NO/c1-2-12-7-3-4-8-13(12)16-11-17(19)14-9-5-6-10-15(14)18-16/h2-11H,1H2,(H,18,19). The lowest BCUT2D eigenvalue weighted by Crippen LogP contribution is -2.03. The number of benzene rings is 2. The number of aromatic nitrogens is 1. The number of H-pyrrole nitrogens is 1. The average molecular weight is 247 g/mol. The second kappa shape index (κ2) is 4.58. The lowest BCUT2D eigenvalue weighted by molar-refractivity contribution is 1.37. The van der Waals surface area contributed by atoms with Gasteiger partial charge in [0.1, 0.15) is 0 Å². The zero-order valence-electron chi connectivity index (χ0n) is 10.4. The molecule has 2 aromatic carbocycles. The first-order valence-electron chi connectivity index (χ1n) is 6.13. The first kappa shape index (κ1) is 11.5. The highest BCUT2D eigenvalue weighted by Crippen LogP contribution is 2.23. The molecule has 0 unspecified atom stereocenters.